The van der Waals surface area contributed by atoms with Crippen LogP contribution in [0.15, 0.2) is 39.8 Å². The van der Waals surface area contributed by atoms with E-state index in [2.05, 4.69) is 10.1 Å². The van der Waals surface area contributed by atoms with Crippen LogP contribution in [0.4, 0.5) is 0 Å². The zero-order valence-corrected chi connectivity index (χ0v) is 14.3. The molecule has 0 bridgehead atoms. The minimum absolute atomic E-state index is 0. The highest BCUT2D eigenvalue weighted by Crippen LogP contribution is 2.36. The average Bonchev–Trinajstić information content (AvgIpc) is 2.94. The third kappa shape index (κ3) is 3.40. The van der Waals surface area contributed by atoms with Crippen LogP contribution < -0.4 is 5.73 Å². The van der Waals surface area contributed by atoms with E-state index in [0.717, 1.165) is 19.3 Å². The summed E-state index contributed by atoms with van der Waals surface area (Å²) in [4.78, 5) is 4.47. The summed E-state index contributed by atoms with van der Waals surface area (Å²) in [5.74, 6) is 0.702. The summed E-state index contributed by atoms with van der Waals surface area (Å²) in [6, 6.07) is 8.23. The highest BCUT2D eigenvalue weighted by molar-refractivity contribution is 7.89. The predicted octanol–water partition coefficient (Wildman–Crippen LogP) is 1.65. The number of benzene rings is 1. The molecule has 1 saturated carbocycles. The molecule has 2 aromatic rings. The summed E-state index contributed by atoms with van der Waals surface area (Å²) in [5.41, 5.74) is 5.61. The number of nitrogens with two attached hydrogens (primary N) is 1. The number of aromatic nitrogens is 2. The van der Waals surface area contributed by atoms with Gasteiger partial charge in [0.05, 0.1) is 17.0 Å². The van der Waals surface area contributed by atoms with Crippen LogP contribution in [0.2, 0.25) is 0 Å². The Balaban J connectivity index is 0.00000192. The summed E-state index contributed by atoms with van der Waals surface area (Å²) in [7, 11) is -2.10. The van der Waals surface area contributed by atoms with E-state index in [1.807, 2.05) is 0 Å². The highest BCUT2D eigenvalue weighted by atomic mass is 35.5. The van der Waals surface area contributed by atoms with Crippen molar-refractivity contribution in [2.45, 2.75) is 36.2 Å². The van der Waals surface area contributed by atoms with E-state index in [0.29, 0.717) is 5.82 Å². The van der Waals surface area contributed by atoms with Gasteiger partial charge in [0.25, 0.3) is 0 Å². The van der Waals surface area contributed by atoms with Crippen molar-refractivity contribution in [1.29, 1.82) is 0 Å². The molecule has 1 aromatic heterocycles. The first kappa shape index (κ1) is 17.9. The van der Waals surface area contributed by atoms with Crippen LogP contribution in [0.3, 0.4) is 0 Å². The SMILES string of the molecule is CN(Cc1nc(C2(N)CCC2)no1)S(=O)(=O)c1ccccc1.Cl. The molecule has 3 rings (SSSR count). The van der Waals surface area contributed by atoms with Crippen LogP contribution in [0, 0.1) is 0 Å². The maximum absolute atomic E-state index is 12.4. The van der Waals surface area contributed by atoms with E-state index >= 15 is 0 Å². The zero-order valence-electron chi connectivity index (χ0n) is 12.7. The van der Waals surface area contributed by atoms with Crippen LogP contribution in [-0.2, 0) is 22.1 Å². The van der Waals surface area contributed by atoms with Crippen molar-refractivity contribution in [2.75, 3.05) is 7.05 Å². The first-order chi connectivity index (χ1) is 10.4. The highest BCUT2D eigenvalue weighted by Gasteiger charge is 2.39. The van der Waals surface area contributed by atoms with Gasteiger partial charge < -0.3 is 10.3 Å². The molecule has 9 heteroatoms. The molecule has 1 fully saturated rings. The Kier molecular flexibility index (Phi) is 5.10. The molecule has 0 amide bonds. The number of sulfonamides is 1. The quantitative estimate of drug-likeness (QED) is 0.871. The van der Waals surface area contributed by atoms with Gasteiger partial charge >= 0.3 is 0 Å². The van der Waals surface area contributed by atoms with Crippen molar-refractivity contribution in [2.24, 2.45) is 5.73 Å². The van der Waals surface area contributed by atoms with Gasteiger partial charge in [-0.2, -0.15) is 9.29 Å². The van der Waals surface area contributed by atoms with Gasteiger partial charge in [-0.05, 0) is 31.4 Å². The van der Waals surface area contributed by atoms with E-state index in [4.69, 9.17) is 10.3 Å². The summed E-state index contributed by atoms with van der Waals surface area (Å²) in [6.07, 6.45) is 2.69. The lowest BCUT2D eigenvalue weighted by Crippen LogP contribution is -2.44. The van der Waals surface area contributed by atoms with E-state index in [9.17, 15) is 8.42 Å². The van der Waals surface area contributed by atoms with E-state index in [-0.39, 0.29) is 29.7 Å². The second-order valence-corrected chi connectivity index (χ2v) is 7.64. The van der Waals surface area contributed by atoms with Crippen LogP contribution in [-0.4, -0.2) is 29.9 Å². The normalized spacial score (nSPS) is 16.7. The molecule has 0 radical (unpaired) electrons. The van der Waals surface area contributed by atoms with Gasteiger partial charge in [0.1, 0.15) is 0 Å². The van der Waals surface area contributed by atoms with Crippen molar-refractivity contribution in [1.82, 2.24) is 14.4 Å². The van der Waals surface area contributed by atoms with Gasteiger partial charge in [0.2, 0.25) is 15.9 Å². The lowest BCUT2D eigenvalue weighted by atomic mass is 9.77. The summed E-state index contributed by atoms with van der Waals surface area (Å²) in [6.45, 7) is 0.0142. The van der Waals surface area contributed by atoms with E-state index in [1.165, 1.54) is 11.4 Å². The fourth-order valence-electron chi connectivity index (χ4n) is 2.35. The maximum atomic E-state index is 12.4. The minimum Gasteiger partial charge on any atom is -0.338 e. The summed E-state index contributed by atoms with van der Waals surface area (Å²) in [5, 5.41) is 3.89. The zero-order chi connectivity index (χ0) is 15.8. The third-order valence-electron chi connectivity index (χ3n) is 3.97. The molecule has 7 nitrogen and oxygen atoms in total. The lowest BCUT2D eigenvalue weighted by molar-refractivity contribution is 0.228. The Bertz CT molecular complexity index is 759. The Morgan fingerprint density at radius 1 is 1.30 bits per heavy atom. The molecule has 0 spiro atoms. The first-order valence-corrected chi connectivity index (χ1v) is 8.49. The smallest absolute Gasteiger partial charge is 0.243 e. The number of hydrogen-bond donors (Lipinski definition) is 1. The lowest BCUT2D eigenvalue weighted by Gasteiger charge is -2.34. The minimum atomic E-state index is -3.58. The van der Waals surface area contributed by atoms with Crippen LogP contribution in [0.25, 0.3) is 0 Å². The van der Waals surface area contributed by atoms with Gasteiger partial charge in [0, 0.05) is 7.05 Å². The molecular formula is C14H19ClN4O3S. The van der Waals surface area contributed by atoms with Crippen LogP contribution >= 0.6 is 12.4 Å². The van der Waals surface area contributed by atoms with E-state index in [1.54, 1.807) is 30.3 Å². The molecule has 0 unspecified atom stereocenters. The summed E-state index contributed by atoms with van der Waals surface area (Å²) >= 11 is 0. The van der Waals surface area contributed by atoms with Crippen molar-refractivity contribution in [3.8, 4) is 0 Å². The molecule has 126 valence electrons. The summed E-state index contributed by atoms with van der Waals surface area (Å²) < 4.78 is 31.2. The molecule has 2 N–H and O–H groups in total. The molecule has 1 aromatic carbocycles. The van der Waals surface area contributed by atoms with Gasteiger partial charge in [-0.25, -0.2) is 8.42 Å². The number of halogens is 1. The fraction of sp³-hybridized carbons (Fsp3) is 0.429. The second kappa shape index (κ2) is 6.56. The molecule has 1 heterocycles. The fourth-order valence-corrected chi connectivity index (χ4v) is 3.49. The number of rotatable bonds is 5. The topological polar surface area (TPSA) is 102 Å². The van der Waals surface area contributed by atoms with Crippen molar-refractivity contribution in [3.63, 3.8) is 0 Å². The monoisotopic (exact) mass is 358 g/mol. The van der Waals surface area contributed by atoms with Gasteiger partial charge in [-0.3, -0.25) is 0 Å². The largest absolute Gasteiger partial charge is 0.338 e. The Morgan fingerprint density at radius 3 is 2.52 bits per heavy atom. The van der Waals surface area contributed by atoms with Crippen molar-refractivity contribution in [3.05, 3.63) is 42.0 Å². The van der Waals surface area contributed by atoms with Crippen molar-refractivity contribution < 1.29 is 12.9 Å². The Hall–Kier alpha value is -1.48. The first-order valence-electron chi connectivity index (χ1n) is 7.05. The third-order valence-corrected chi connectivity index (χ3v) is 5.79. The molecule has 0 saturated heterocycles. The van der Waals surface area contributed by atoms with E-state index < -0.39 is 15.6 Å². The van der Waals surface area contributed by atoms with Crippen LogP contribution in [0.5, 0.6) is 0 Å². The predicted molar refractivity (Wildman–Crippen MR) is 86.4 cm³/mol. The maximum Gasteiger partial charge on any atom is 0.243 e. The van der Waals surface area contributed by atoms with Gasteiger partial charge in [-0.15, -0.1) is 12.4 Å². The molecule has 0 atom stereocenters. The molecule has 23 heavy (non-hydrogen) atoms. The average molecular weight is 359 g/mol. The van der Waals surface area contributed by atoms with Crippen molar-refractivity contribution >= 4 is 22.4 Å². The standard InChI is InChI=1S/C14H18N4O3S.ClH/c1-18(22(19,20)11-6-3-2-4-7-11)10-12-16-13(17-21-12)14(15)8-5-9-14;/h2-4,6-7H,5,8-10,15H2,1H3;1H. The molecule has 1 aliphatic carbocycles. The number of hydrogen-bond acceptors (Lipinski definition) is 6. The van der Waals surface area contributed by atoms with Crippen LogP contribution in [0.1, 0.15) is 31.0 Å². The Morgan fingerprint density at radius 2 is 1.96 bits per heavy atom. The Labute approximate surface area is 141 Å². The van der Waals surface area contributed by atoms with Gasteiger partial charge in [-0.1, -0.05) is 23.4 Å². The molecule has 0 aliphatic heterocycles. The molecule has 1 aliphatic rings. The molecular weight excluding hydrogens is 340 g/mol. The van der Waals surface area contributed by atoms with Gasteiger partial charge in [0.15, 0.2) is 5.82 Å². The number of nitrogens with zero attached hydrogens (tertiary/aromatic N) is 3. The second-order valence-electron chi connectivity index (χ2n) is 5.60.